The van der Waals surface area contributed by atoms with E-state index in [1.807, 2.05) is 12.1 Å². The van der Waals surface area contributed by atoms with E-state index in [0.29, 0.717) is 6.54 Å². The van der Waals surface area contributed by atoms with Gasteiger partial charge in [0.15, 0.2) is 0 Å². The zero-order valence-corrected chi connectivity index (χ0v) is 21.3. The molecule has 3 aromatic carbocycles. The number of aliphatic hydroxyl groups excluding tert-OH is 1. The fourth-order valence-electron chi connectivity index (χ4n) is 5.35. The second kappa shape index (κ2) is 11.2. The van der Waals surface area contributed by atoms with Crippen molar-refractivity contribution in [1.29, 1.82) is 0 Å². The molecule has 1 atom stereocenters. The molecule has 0 spiro atoms. The zero-order chi connectivity index (χ0) is 24.9. The Morgan fingerprint density at radius 2 is 1.42 bits per heavy atom. The van der Waals surface area contributed by atoms with E-state index in [0.717, 1.165) is 55.4 Å². The zero-order valence-electron chi connectivity index (χ0n) is 21.3. The van der Waals surface area contributed by atoms with Crippen LogP contribution in [0, 0.1) is 6.92 Å². The van der Waals surface area contributed by atoms with E-state index in [2.05, 4.69) is 101 Å². The molecule has 36 heavy (non-hydrogen) atoms. The van der Waals surface area contributed by atoms with Crippen molar-refractivity contribution in [3.8, 4) is 11.4 Å². The smallest absolute Gasteiger partial charge is 0.138 e. The fourth-order valence-corrected chi connectivity index (χ4v) is 5.35. The lowest BCUT2D eigenvalue weighted by atomic mass is 9.96. The third-order valence-corrected chi connectivity index (χ3v) is 7.31. The average molecular weight is 481 g/mol. The highest BCUT2D eigenvalue weighted by Gasteiger charge is 2.28. The number of aromatic amines is 1. The summed E-state index contributed by atoms with van der Waals surface area (Å²) < 4.78 is 0. The van der Waals surface area contributed by atoms with Gasteiger partial charge in [0.1, 0.15) is 11.9 Å². The predicted molar refractivity (Wildman–Crippen MR) is 146 cm³/mol. The number of hydrogen-bond acceptors (Lipinski definition) is 4. The van der Waals surface area contributed by atoms with E-state index in [1.165, 1.54) is 16.7 Å². The van der Waals surface area contributed by atoms with E-state index < -0.39 is 6.10 Å². The van der Waals surface area contributed by atoms with E-state index in [4.69, 9.17) is 4.98 Å². The summed E-state index contributed by atoms with van der Waals surface area (Å²) in [5.74, 6) is 0.845. The van der Waals surface area contributed by atoms with Crippen molar-refractivity contribution in [1.82, 2.24) is 19.8 Å². The van der Waals surface area contributed by atoms with Crippen LogP contribution in [0.5, 0.6) is 0 Å². The number of nitrogens with zero attached hydrogens (tertiary/aromatic N) is 3. The van der Waals surface area contributed by atoms with Crippen LogP contribution >= 0.6 is 0 Å². The largest absolute Gasteiger partial charge is 0.385 e. The van der Waals surface area contributed by atoms with Gasteiger partial charge in [-0.2, -0.15) is 0 Å². The first kappa shape index (κ1) is 24.4. The molecular formula is C31H36N4O. The summed E-state index contributed by atoms with van der Waals surface area (Å²) >= 11 is 0. The lowest BCUT2D eigenvalue weighted by molar-refractivity contribution is 0.0605. The minimum absolute atomic E-state index is 0.245. The van der Waals surface area contributed by atoms with Crippen LogP contribution in [0.1, 0.15) is 47.1 Å². The summed E-state index contributed by atoms with van der Waals surface area (Å²) in [7, 11) is 0. The highest BCUT2D eigenvalue weighted by Crippen LogP contribution is 2.30. The van der Waals surface area contributed by atoms with E-state index in [9.17, 15) is 5.11 Å². The number of aromatic nitrogens is 2. The first-order valence-electron chi connectivity index (χ1n) is 13.0. The van der Waals surface area contributed by atoms with Crippen LogP contribution in [0.3, 0.4) is 0 Å². The van der Waals surface area contributed by atoms with Crippen LogP contribution in [0.4, 0.5) is 0 Å². The molecule has 1 aliphatic heterocycles. The molecule has 0 radical (unpaired) electrons. The van der Waals surface area contributed by atoms with Crippen LogP contribution in [-0.4, -0.2) is 57.6 Å². The molecule has 0 amide bonds. The van der Waals surface area contributed by atoms with Gasteiger partial charge < -0.3 is 10.1 Å². The van der Waals surface area contributed by atoms with Crippen LogP contribution in [-0.2, 0) is 6.42 Å². The maximum atomic E-state index is 11.2. The molecule has 1 fully saturated rings. The van der Waals surface area contributed by atoms with Gasteiger partial charge in [-0.15, -0.1) is 0 Å². The van der Waals surface area contributed by atoms with Crippen molar-refractivity contribution in [2.75, 3.05) is 32.7 Å². The van der Waals surface area contributed by atoms with Crippen molar-refractivity contribution in [3.05, 3.63) is 113 Å². The fraction of sp³-hybridized carbons (Fsp3) is 0.323. The molecule has 1 unspecified atom stereocenters. The van der Waals surface area contributed by atoms with Crippen molar-refractivity contribution >= 4 is 0 Å². The number of H-pyrrole nitrogens is 1. The lowest BCUT2D eigenvalue weighted by Crippen LogP contribution is -2.48. The standard InChI is InChI=1S/C31H36N4O/c1-3-27-29(33-31(32-27)26-17-11-10-12-23(26)2)28(36)22-34-18-20-35(21-19-34)30(24-13-6-4-7-14-24)25-15-8-5-9-16-25/h4-17,28,30,36H,3,18-22H2,1-2H3,(H,32,33). The van der Waals surface area contributed by atoms with Crippen LogP contribution < -0.4 is 0 Å². The summed E-state index contributed by atoms with van der Waals surface area (Å²) in [5, 5.41) is 11.2. The molecular weight excluding hydrogens is 444 g/mol. The van der Waals surface area contributed by atoms with Crippen LogP contribution in [0.25, 0.3) is 11.4 Å². The Morgan fingerprint density at radius 3 is 2.00 bits per heavy atom. The summed E-state index contributed by atoms with van der Waals surface area (Å²) in [5.41, 5.74) is 6.72. The maximum absolute atomic E-state index is 11.2. The lowest BCUT2D eigenvalue weighted by Gasteiger charge is -2.40. The first-order chi connectivity index (χ1) is 17.6. The molecule has 0 aliphatic carbocycles. The van der Waals surface area contributed by atoms with E-state index >= 15 is 0 Å². The van der Waals surface area contributed by atoms with Gasteiger partial charge >= 0.3 is 0 Å². The number of aryl methyl sites for hydroxylation is 2. The molecule has 4 aromatic rings. The minimum Gasteiger partial charge on any atom is -0.385 e. The summed E-state index contributed by atoms with van der Waals surface area (Å²) in [6.07, 6.45) is 0.203. The minimum atomic E-state index is -0.612. The quantitative estimate of drug-likeness (QED) is 0.355. The van der Waals surface area contributed by atoms with Gasteiger partial charge in [0.25, 0.3) is 0 Å². The average Bonchev–Trinajstić information content (AvgIpc) is 3.36. The Bertz CT molecular complexity index is 1210. The second-order valence-electron chi connectivity index (χ2n) is 9.69. The highest BCUT2D eigenvalue weighted by molar-refractivity contribution is 5.60. The number of β-amino-alcohol motifs (C(OH)–C–C–N with tert-alkyl or cyclic N) is 1. The Hall–Kier alpha value is -3.25. The molecule has 1 aromatic heterocycles. The topological polar surface area (TPSA) is 55.4 Å². The Morgan fingerprint density at radius 1 is 0.833 bits per heavy atom. The summed E-state index contributed by atoms with van der Waals surface area (Å²) in [4.78, 5) is 13.3. The van der Waals surface area contributed by atoms with Crippen molar-refractivity contribution in [3.63, 3.8) is 0 Å². The number of hydrogen-bond donors (Lipinski definition) is 2. The number of aliphatic hydroxyl groups is 1. The Kier molecular flexibility index (Phi) is 7.61. The monoisotopic (exact) mass is 480 g/mol. The third kappa shape index (κ3) is 5.29. The van der Waals surface area contributed by atoms with Crippen molar-refractivity contribution < 1.29 is 5.11 Å². The SMILES string of the molecule is CCc1[nH]c(-c2ccccc2C)nc1C(O)CN1CCN(C(c2ccccc2)c2ccccc2)CC1. The second-order valence-corrected chi connectivity index (χ2v) is 9.69. The number of piperazine rings is 1. The number of imidazole rings is 1. The molecule has 1 saturated heterocycles. The highest BCUT2D eigenvalue weighted by atomic mass is 16.3. The van der Waals surface area contributed by atoms with Crippen molar-refractivity contribution in [2.45, 2.75) is 32.4 Å². The molecule has 1 aliphatic rings. The Balaban J connectivity index is 1.27. The first-order valence-corrected chi connectivity index (χ1v) is 13.0. The van der Waals surface area contributed by atoms with Crippen molar-refractivity contribution in [2.24, 2.45) is 0 Å². The van der Waals surface area contributed by atoms with Gasteiger partial charge in [-0.1, -0.05) is 91.9 Å². The van der Waals surface area contributed by atoms with Crippen LogP contribution in [0.2, 0.25) is 0 Å². The molecule has 2 N–H and O–H groups in total. The van der Waals surface area contributed by atoms with Crippen LogP contribution in [0.15, 0.2) is 84.9 Å². The predicted octanol–water partition coefficient (Wildman–Crippen LogP) is 5.39. The van der Waals surface area contributed by atoms with Gasteiger partial charge in [0.05, 0.1) is 11.7 Å². The summed E-state index contributed by atoms with van der Waals surface area (Å²) in [6, 6.07) is 30.0. The van der Waals surface area contributed by atoms with Gasteiger partial charge in [0.2, 0.25) is 0 Å². The molecule has 5 heteroatoms. The number of rotatable bonds is 8. The van der Waals surface area contributed by atoms with E-state index in [1.54, 1.807) is 0 Å². The normalized spacial score (nSPS) is 15.9. The molecule has 186 valence electrons. The third-order valence-electron chi connectivity index (χ3n) is 7.31. The molecule has 5 nitrogen and oxygen atoms in total. The molecule has 2 heterocycles. The summed E-state index contributed by atoms with van der Waals surface area (Å²) in [6.45, 7) is 8.55. The molecule has 0 saturated carbocycles. The van der Waals surface area contributed by atoms with Gasteiger partial charge in [-0.25, -0.2) is 4.98 Å². The number of nitrogens with one attached hydrogen (secondary N) is 1. The maximum Gasteiger partial charge on any atom is 0.138 e. The van der Waals surface area contributed by atoms with E-state index in [-0.39, 0.29) is 6.04 Å². The molecule has 5 rings (SSSR count). The number of benzene rings is 3. The molecule has 0 bridgehead atoms. The van der Waals surface area contributed by atoms with Gasteiger partial charge in [-0.05, 0) is 30.0 Å². The van der Waals surface area contributed by atoms with Gasteiger partial charge in [0, 0.05) is 44.0 Å². The van der Waals surface area contributed by atoms with Gasteiger partial charge in [-0.3, -0.25) is 9.80 Å². The Labute approximate surface area is 214 Å².